The Bertz CT molecular complexity index is 850. The quantitative estimate of drug-likeness (QED) is 0.878. The van der Waals surface area contributed by atoms with Gasteiger partial charge in [0.1, 0.15) is 11.6 Å². The van der Waals surface area contributed by atoms with Gasteiger partial charge in [-0.15, -0.1) is 0 Å². The summed E-state index contributed by atoms with van der Waals surface area (Å²) in [5.41, 5.74) is 2.88. The number of carbonyl (C=O) groups excluding carboxylic acids is 1. The number of likely N-dealkylation sites (tertiary alicyclic amines) is 1. The Kier molecular flexibility index (Phi) is 5.27. The summed E-state index contributed by atoms with van der Waals surface area (Å²) in [6, 6.07) is 5.14. The molecule has 1 saturated heterocycles. The van der Waals surface area contributed by atoms with Gasteiger partial charge in [0, 0.05) is 61.0 Å². The number of aromatic nitrogens is 2. The lowest BCUT2D eigenvalue weighted by atomic mass is 9.95. The fraction of sp³-hybridized carbons (Fsp3) is 0.450. The predicted molar refractivity (Wildman–Crippen MR) is 103 cm³/mol. The number of nitrogens with one attached hydrogen (secondary N) is 1. The maximum atomic E-state index is 12.9. The zero-order valence-corrected chi connectivity index (χ0v) is 16.1. The fourth-order valence-corrected chi connectivity index (χ4v) is 3.98. The number of rotatable bonds is 3. The van der Waals surface area contributed by atoms with E-state index in [0.29, 0.717) is 35.3 Å². The molecule has 6 nitrogen and oxygen atoms in total. The van der Waals surface area contributed by atoms with E-state index in [1.165, 1.54) is 11.3 Å². The van der Waals surface area contributed by atoms with Crippen molar-refractivity contribution in [1.82, 2.24) is 20.2 Å². The first kappa shape index (κ1) is 18.2. The van der Waals surface area contributed by atoms with E-state index in [0.717, 1.165) is 38.2 Å². The number of hydrogen-bond donors (Lipinski definition) is 1. The van der Waals surface area contributed by atoms with Crippen molar-refractivity contribution in [3.05, 3.63) is 52.1 Å². The lowest BCUT2D eigenvalue weighted by Gasteiger charge is -2.32. The first-order valence-electron chi connectivity index (χ1n) is 9.34. The van der Waals surface area contributed by atoms with Gasteiger partial charge >= 0.3 is 0 Å². The van der Waals surface area contributed by atoms with Crippen LogP contribution in [0.1, 0.15) is 46.2 Å². The molecule has 4 rings (SSSR count). The highest BCUT2D eigenvalue weighted by molar-refractivity contribution is 6.31. The Hall–Kier alpha value is -2.18. The smallest absolute Gasteiger partial charge is 0.257 e. The van der Waals surface area contributed by atoms with Crippen LogP contribution < -0.4 is 10.1 Å². The molecule has 3 heterocycles. The largest absolute Gasteiger partial charge is 0.496 e. The molecule has 142 valence electrons. The highest BCUT2D eigenvalue weighted by Gasteiger charge is 2.28. The molecule has 1 amide bonds. The summed E-state index contributed by atoms with van der Waals surface area (Å²) in [4.78, 5) is 24.2. The van der Waals surface area contributed by atoms with Gasteiger partial charge in [0.05, 0.1) is 12.7 Å². The van der Waals surface area contributed by atoms with Crippen LogP contribution in [0, 0.1) is 0 Å². The summed E-state index contributed by atoms with van der Waals surface area (Å²) >= 11 is 6.07. The van der Waals surface area contributed by atoms with Crippen molar-refractivity contribution in [3.8, 4) is 5.75 Å². The van der Waals surface area contributed by atoms with Crippen LogP contribution in [0.3, 0.4) is 0 Å². The molecule has 1 fully saturated rings. The molecule has 0 spiro atoms. The van der Waals surface area contributed by atoms with Gasteiger partial charge in [-0.3, -0.25) is 4.79 Å². The summed E-state index contributed by atoms with van der Waals surface area (Å²) in [5.74, 6) is 1.74. The number of methoxy groups -OCH3 is 1. The summed E-state index contributed by atoms with van der Waals surface area (Å²) in [6.45, 7) is 3.18. The molecule has 2 aromatic rings. The molecule has 0 radical (unpaired) electrons. The maximum absolute atomic E-state index is 12.9. The Labute approximate surface area is 163 Å². The third kappa shape index (κ3) is 3.77. The number of benzene rings is 1. The van der Waals surface area contributed by atoms with Crippen molar-refractivity contribution in [2.75, 3.05) is 26.7 Å². The second-order valence-electron chi connectivity index (χ2n) is 7.04. The van der Waals surface area contributed by atoms with Gasteiger partial charge in [-0.2, -0.15) is 0 Å². The van der Waals surface area contributed by atoms with Crippen LogP contribution >= 0.6 is 11.6 Å². The molecular weight excluding hydrogens is 364 g/mol. The van der Waals surface area contributed by atoms with Crippen LogP contribution in [0.4, 0.5) is 0 Å². The molecule has 7 heteroatoms. The van der Waals surface area contributed by atoms with E-state index in [4.69, 9.17) is 21.3 Å². The summed E-state index contributed by atoms with van der Waals surface area (Å²) in [6.07, 6.45) is 4.65. The number of halogens is 1. The van der Waals surface area contributed by atoms with Crippen molar-refractivity contribution in [1.29, 1.82) is 0 Å². The van der Waals surface area contributed by atoms with Crippen molar-refractivity contribution >= 4 is 17.5 Å². The van der Waals surface area contributed by atoms with Gasteiger partial charge in [-0.05, 0) is 31.0 Å². The minimum atomic E-state index is -0.0368. The second kappa shape index (κ2) is 7.82. The summed E-state index contributed by atoms with van der Waals surface area (Å²) in [5, 5.41) is 3.88. The average Bonchev–Trinajstić information content (AvgIpc) is 2.73. The zero-order valence-electron chi connectivity index (χ0n) is 15.4. The van der Waals surface area contributed by atoms with Crippen molar-refractivity contribution < 1.29 is 9.53 Å². The maximum Gasteiger partial charge on any atom is 0.257 e. The Morgan fingerprint density at radius 1 is 1.33 bits per heavy atom. The lowest BCUT2D eigenvalue weighted by Crippen LogP contribution is -2.38. The average molecular weight is 387 g/mol. The fourth-order valence-electron chi connectivity index (χ4n) is 3.81. The van der Waals surface area contributed by atoms with Crippen molar-refractivity contribution in [2.45, 2.75) is 31.7 Å². The van der Waals surface area contributed by atoms with Crippen LogP contribution in [0.15, 0.2) is 24.4 Å². The minimum absolute atomic E-state index is 0.0368. The van der Waals surface area contributed by atoms with Crippen LogP contribution in [0.2, 0.25) is 5.02 Å². The predicted octanol–water partition coefficient (Wildman–Crippen LogP) is 2.80. The van der Waals surface area contributed by atoms with E-state index >= 15 is 0 Å². The molecule has 0 atom stereocenters. The molecule has 0 saturated carbocycles. The molecule has 0 aliphatic carbocycles. The number of fused-ring (bicyclic) bond motifs is 1. The summed E-state index contributed by atoms with van der Waals surface area (Å²) < 4.78 is 5.32. The van der Waals surface area contributed by atoms with Gasteiger partial charge in [0.25, 0.3) is 5.91 Å². The van der Waals surface area contributed by atoms with E-state index < -0.39 is 0 Å². The van der Waals surface area contributed by atoms with Crippen LogP contribution in [-0.2, 0) is 13.0 Å². The molecule has 0 bridgehead atoms. The standard InChI is InChI=1S/C20H23ClN4O2/c1-27-18-3-2-15(21)10-16(18)20(26)25-8-5-13(6-9-25)19-23-12-14-11-22-7-4-17(14)24-19/h2-3,10,12-13,22H,4-9,11H2,1H3. The Morgan fingerprint density at radius 3 is 2.93 bits per heavy atom. The highest BCUT2D eigenvalue weighted by atomic mass is 35.5. The van der Waals surface area contributed by atoms with Crippen LogP contribution in [-0.4, -0.2) is 47.5 Å². The van der Waals surface area contributed by atoms with Crippen molar-refractivity contribution in [3.63, 3.8) is 0 Å². The monoisotopic (exact) mass is 386 g/mol. The van der Waals surface area contributed by atoms with E-state index in [-0.39, 0.29) is 5.91 Å². The minimum Gasteiger partial charge on any atom is -0.496 e. The van der Waals surface area contributed by atoms with Crippen LogP contribution in [0.5, 0.6) is 5.75 Å². The van der Waals surface area contributed by atoms with E-state index in [2.05, 4.69) is 10.3 Å². The van der Waals surface area contributed by atoms with Crippen molar-refractivity contribution in [2.24, 2.45) is 0 Å². The number of ether oxygens (including phenoxy) is 1. The van der Waals surface area contributed by atoms with Gasteiger partial charge in [-0.25, -0.2) is 9.97 Å². The molecule has 0 unspecified atom stereocenters. The van der Waals surface area contributed by atoms with Crippen LogP contribution in [0.25, 0.3) is 0 Å². The highest BCUT2D eigenvalue weighted by Crippen LogP contribution is 2.29. The van der Waals surface area contributed by atoms with Gasteiger partial charge in [0.15, 0.2) is 0 Å². The van der Waals surface area contributed by atoms with Gasteiger partial charge in [-0.1, -0.05) is 11.6 Å². The molecule has 2 aliphatic rings. The molecule has 1 N–H and O–H groups in total. The SMILES string of the molecule is COc1ccc(Cl)cc1C(=O)N1CCC(c2ncc3c(n2)CCNC3)CC1. The molecule has 1 aromatic heterocycles. The van der Waals surface area contributed by atoms with E-state index in [1.807, 2.05) is 11.1 Å². The number of piperidine rings is 1. The normalized spacial score (nSPS) is 17.5. The third-order valence-corrected chi connectivity index (χ3v) is 5.60. The number of carbonyl (C=O) groups is 1. The first-order valence-corrected chi connectivity index (χ1v) is 9.71. The summed E-state index contributed by atoms with van der Waals surface area (Å²) in [7, 11) is 1.56. The first-order chi connectivity index (χ1) is 13.2. The Morgan fingerprint density at radius 2 is 2.15 bits per heavy atom. The molecule has 1 aromatic carbocycles. The number of hydrogen-bond acceptors (Lipinski definition) is 5. The van der Waals surface area contributed by atoms with Gasteiger partial charge in [0.2, 0.25) is 0 Å². The van der Waals surface area contributed by atoms with E-state index in [1.54, 1.807) is 25.3 Å². The molecular formula is C20H23ClN4O2. The topological polar surface area (TPSA) is 67.3 Å². The van der Waals surface area contributed by atoms with Gasteiger partial charge < -0.3 is 15.0 Å². The zero-order chi connectivity index (χ0) is 18.8. The molecule has 27 heavy (non-hydrogen) atoms. The number of amides is 1. The Balaban J connectivity index is 1.45. The van der Waals surface area contributed by atoms with E-state index in [9.17, 15) is 4.79 Å². The second-order valence-corrected chi connectivity index (χ2v) is 7.47. The number of nitrogens with zero attached hydrogens (tertiary/aromatic N) is 3. The molecule has 2 aliphatic heterocycles. The lowest BCUT2D eigenvalue weighted by molar-refractivity contribution is 0.0707. The third-order valence-electron chi connectivity index (χ3n) is 5.37.